The fourth-order valence-electron chi connectivity index (χ4n) is 2.58. The van der Waals surface area contributed by atoms with Gasteiger partial charge >= 0.3 is 0 Å². The van der Waals surface area contributed by atoms with Crippen LogP contribution < -0.4 is 0 Å². The van der Waals surface area contributed by atoms with Crippen molar-refractivity contribution in [1.82, 2.24) is 0 Å². The summed E-state index contributed by atoms with van der Waals surface area (Å²) in [7, 11) is 0. The van der Waals surface area contributed by atoms with Crippen LogP contribution in [0.15, 0.2) is 12.2 Å². The van der Waals surface area contributed by atoms with Crippen molar-refractivity contribution in [3.63, 3.8) is 0 Å². The van der Waals surface area contributed by atoms with Gasteiger partial charge < -0.3 is 0 Å². The van der Waals surface area contributed by atoms with E-state index in [0.29, 0.717) is 5.78 Å². The predicted molar refractivity (Wildman–Crippen MR) is 69.5 cm³/mol. The highest BCUT2D eigenvalue weighted by Crippen LogP contribution is 2.23. The molecule has 0 N–H and O–H groups in total. The largest absolute Gasteiger partial charge is 0.299 e. The van der Waals surface area contributed by atoms with Gasteiger partial charge in [-0.2, -0.15) is 0 Å². The molecule has 0 amide bonds. The number of Topliss-reactive ketones (excluding diaryl/α,β-unsaturated/α-hetero) is 1. The number of allylic oxidation sites excluding steroid dienone is 1. The van der Waals surface area contributed by atoms with Crippen LogP contribution in [-0.4, -0.2) is 5.78 Å². The van der Waals surface area contributed by atoms with Crippen LogP contribution in [0.5, 0.6) is 0 Å². The van der Waals surface area contributed by atoms with E-state index in [2.05, 4.69) is 6.58 Å². The number of hydrogen-bond acceptors (Lipinski definition) is 1. The summed E-state index contributed by atoms with van der Waals surface area (Å²) in [6.07, 6.45) is 11.7. The van der Waals surface area contributed by atoms with E-state index in [1.165, 1.54) is 38.5 Å². The summed E-state index contributed by atoms with van der Waals surface area (Å²) < 4.78 is 0. The van der Waals surface area contributed by atoms with Gasteiger partial charge in [-0.1, -0.05) is 44.1 Å². The highest BCUT2D eigenvalue weighted by Gasteiger charge is 2.17. The molecule has 0 saturated heterocycles. The van der Waals surface area contributed by atoms with E-state index in [1.807, 2.05) is 6.92 Å². The van der Waals surface area contributed by atoms with Gasteiger partial charge in [0.1, 0.15) is 5.78 Å². The summed E-state index contributed by atoms with van der Waals surface area (Å²) in [5.41, 5.74) is 1.16. The Morgan fingerprint density at radius 2 is 1.69 bits per heavy atom. The number of hydrogen-bond donors (Lipinski definition) is 0. The molecule has 1 rings (SSSR count). The lowest BCUT2D eigenvalue weighted by atomic mass is 9.89. The maximum atomic E-state index is 12.0. The van der Waals surface area contributed by atoms with Crippen LogP contribution in [0.4, 0.5) is 0 Å². The van der Waals surface area contributed by atoms with Crippen molar-refractivity contribution in [1.29, 1.82) is 0 Å². The molecule has 0 bridgehead atoms. The van der Waals surface area contributed by atoms with Gasteiger partial charge in [-0.15, -0.1) is 6.58 Å². The molecule has 1 atom stereocenters. The zero-order valence-electron chi connectivity index (χ0n) is 10.8. The van der Waals surface area contributed by atoms with Crippen molar-refractivity contribution >= 4 is 5.78 Å². The quantitative estimate of drug-likeness (QED) is 0.621. The average Bonchev–Trinajstić information content (AvgIpc) is 2.27. The summed E-state index contributed by atoms with van der Waals surface area (Å²) in [4.78, 5) is 12.0. The van der Waals surface area contributed by atoms with Gasteiger partial charge in [0, 0.05) is 12.3 Å². The summed E-state index contributed by atoms with van der Waals surface area (Å²) in [6.45, 7) is 5.99. The van der Waals surface area contributed by atoms with Gasteiger partial charge in [-0.05, 0) is 26.2 Å². The first-order chi connectivity index (χ1) is 7.70. The molecule has 0 aromatic carbocycles. The molecular weight excluding hydrogens is 196 g/mol. The first-order valence-corrected chi connectivity index (χ1v) is 6.87. The molecule has 0 aliphatic heterocycles. The lowest BCUT2D eigenvalue weighted by Gasteiger charge is -2.15. The molecule has 1 fully saturated rings. The molecule has 1 saturated carbocycles. The van der Waals surface area contributed by atoms with Gasteiger partial charge in [0.05, 0.1) is 0 Å². The van der Waals surface area contributed by atoms with Gasteiger partial charge in [0.25, 0.3) is 0 Å². The van der Waals surface area contributed by atoms with Crippen LogP contribution in [0.25, 0.3) is 0 Å². The Morgan fingerprint density at radius 1 is 1.12 bits per heavy atom. The lowest BCUT2D eigenvalue weighted by molar-refractivity contribution is -0.123. The zero-order chi connectivity index (χ0) is 11.8. The summed E-state index contributed by atoms with van der Waals surface area (Å²) >= 11 is 0. The normalized spacial score (nSPS) is 24.8. The van der Waals surface area contributed by atoms with Gasteiger partial charge in [-0.25, -0.2) is 0 Å². The van der Waals surface area contributed by atoms with E-state index in [0.717, 1.165) is 31.3 Å². The SMILES string of the molecule is C=C(C)CC1CCCCCCCCCC1=O. The fourth-order valence-corrected chi connectivity index (χ4v) is 2.58. The smallest absolute Gasteiger partial charge is 0.136 e. The molecule has 16 heavy (non-hydrogen) atoms. The maximum absolute atomic E-state index is 12.0. The van der Waals surface area contributed by atoms with Gasteiger partial charge in [0.15, 0.2) is 0 Å². The Morgan fingerprint density at radius 3 is 2.31 bits per heavy atom. The summed E-state index contributed by atoms with van der Waals surface area (Å²) in [5.74, 6) is 0.764. The molecule has 0 heterocycles. The fraction of sp³-hybridized carbons (Fsp3) is 0.800. The molecule has 1 nitrogen and oxygen atoms in total. The zero-order valence-corrected chi connectivity index (χ0v) is 10.8. The van der Waals surface area contributed by atoms with Crippen LogP contribution >= 0.6 is 0 Å². The van der Waals surface area contributed by atoms with Gasteiger partial charge in [0.2, 0.25) is 0 Å². The van der Waals surface area contributed by atoms with E-state index in [4.69, 9.17) is 0 Å². The minimum atomic E-state index is 0.274. The molecule has 1 heteroatoms. The van der Waals surface area contributed by atoms with E-state index < -0.39 is 0 Å². The van der Waals surface area contributed by atoms with Crippen LogP contribution in [0.1, 0.15) is 71.1 Å². The number of ketones is 1. The molecule has 0 aromatic rings. The van der Waals surface area contributed by atoms with Crippen LogP contribution in [0.2, 0.25) is 0 Å². The van der Waals surface area contributed by atoms with E-state index >= 15 is 0 Å². The lowest BCUT2D eigenvalue weighted by Crippen LogP contribution is -2.14. The summed E-state index contributed by atoms with van der Waals surface area (Å²) in [5, 5.41) is 0. The Balaban J connectivity index is 2.47. The molecule has 1 aliphatic rings. The monoisotopic (exact) mass is 222 g/mol. The third-order valence-electron chi connectivity index (χ3n) is 3.53. The Labute approximate surface area is 100 Å². The summed E-state index contributed by atoms with van der Waals surface area (Å²) in [6, 6.07) is 0. The molecule has 1 unspecified atom stereocenters. The maximum Gasteiger partial charge on any atom is 0.136 e. The van der Waals surface area contributed by atoms with Crippen molar-refractivity contribution in [2.45, 2.75) is 71.1 Å². The van der Waals surface area contributed by atoms with E-state index in [-0.39, 0.29) is 5.92 Å². The average molecular weight is 222 g/mol. The molecule has 1 aliphatic carbocycles. The third kappa shape index (κ3) is 5.48. The third-order valence-corrected chi connectivity index (χ3v) is 3.53. The molecule has 0 spiro atoms. The minimum Gasteiger partial charge on any atom is -0.299 e. The Kier molecular flexibility index (Phi) is 6.44. The van der Waals surface area contributed by atoms with Gasteiger partial charge in [-0.3, -0.25) is 4.79 Å². The number of rotatable bonds is 2. The number of carbonyl (C=O) groups is 1. The van der Waals surface area contributed by atoms with Crippen LogP contribution in [0, 0.1) is 5.92 Å². The number of carbonyl (C=O) groups excluding carboxylic acids is 1. The first kappa shape index (κ1) is 13.5. The van der Waals surface area contributed by atoms with Crippen molar-refractivity contribution in [2.75, 3.05) is 0 Å². The highest BCUT2D eigenvalue weighted by atomic mass is 16.1. The second-order valence-corrected chi connectivity index (χ2v) is 5.34. The standard InChI is InChI=1S/C15H26O/c1-13(2)12-14-10-8-6-4-3-5-7-9-11-15(14)16/h14H,1,3-12H2,2H3. The molecule has 92 valence electrons. The highest BCUT2D eigenvalue weighted by molar-refractivity contribution is 5.81. The van der Waals surface area contributed by atoms with E-state index in [9.17, 15) is 4.79 Å². The topological polar surface area (TPSA) is 17.1 Å². The molecule has 0 radical (unpaired) electrons. The predicted octanol–water partition coefficient (Wildman–Crippen LogP) is 4.66. The van der Waals surface area contributed by atoms with Crippen LogP contribution in [-0.2, 0) is 4.79 Å². The van der Waals surface area contributed by atoms with Crippen molar-refractivity contribution in [3.8, 4) is 0 Å². The Bertz CT molecular complexity index is 230. The second-order valence-electron chi connectivity index (χ2n) is 5.34. The van der Waals surface area contributed by atoms with Crippen LogP contribution in [0.3, 0.4) is 0 Å². The van der Waals surface area contributed by atoms with E-state index in [1.54, 1.807) is 0 Å². The van der Waals surface area contributed by atoms with Crippen molar-refractivity contribution < 1.29 is 4.79 Å². The van der Waals surface area contributed by atoms with Crippen molar-refractivity contribution in [3.05, 3.63) is 12.2 Å². The first-order valence-electron chi connectivity index (χ1n) is 6.87. The molecule has 0 aromatic heterocycles. The Hall–Kier alpha value is -0.590. The van der Waals surface area contributed by atoms with Crippen molar-refractivity contribution in [2.24, 2.45) is 5.92 Å². The minimum absolute atomic E-state index is 0.274. The second kappa shape index (κ2) is 7.65. The molecular formula is C15H26O.